The van der Waals surface area contributed by atoms with Gasteiger partial charge < -0.3 is 19.3 Å². The minimum Gasteiger partial charge on any atom is -0.481 e. The van der Waals surface area contributed by atoms with Crippen molar-refractivity contribution in [3.05, 3.63) is 34.9 Å². The first-order valence-electron chi connectivity index (χ1n) is 5.71. The largest absolute Gasteiger partial charge is 0.481 e. The van der Waals surface area contributed by atoms with E-state index in [1.54, 1.807) is 0 Å². The first kappa shape index (κ1) is 14.9. The van der Waals surface area contributed by atoms with Crippen LogP contribution < -0.4 is 14.2 Å². The molecule has 0 fully saturated rings. The molecule has 1 heterocycles. The van der Waals surface area contributed by atoms with Gasteiger partial charge in [-0.15, -0.1) is 0 Å². The van der Waals surface area contributed by atoms with E-state index < -0.39 is 5.97 Å². The zero-order chi connectivity index (χ0) is 15.4. The van der Waals surface area contributed by atoms with Crippen LogP contribution in [0.1, 0.15) is 10.4 Å². The first-order chi connectivity index (χ1) is 10.0. The molecule has 1 aromatic heterocycles. The number of methoxy groups -OCH3 is 2. The fraction of sp³-hybridized carbons (Fsp3) is 0.154. The van der Waals surface area contributed by atoms with E-state index in [0.717, 1.165) is 0 Å². The number of carboxylic acids is 1. The van der Waals surface area contributed by atoms with Crippen LogP contribution in [-0.4, -0.2) is 35.3 Å². The maximum absolute atomic E-state index is 10.9. The van der Waals surface area contributed by atoms with E-state index >= 15 is 0 Å². The predicted octanol–water partition coefficient (Wildman–Crippen LogP) is 2.64. The van der Waals surface area contributed by atoms with Crippen LogP contribution in [0.3, 0.4) is 0 Å². The summed E-state index contributed by atoms with van der Waals surface area (Å²) in [5.41, 5.74) is -0.0202. The molecule has 0 aliphatic rings. The van der Waals surface area contributed by atoms with E-state index in [-0.39, 0.29) is 28.4 Å². The van der Waals surface area contributed by atoms with Gasteiger partial charge in [-0.1, -0.05) is 11.6 Å². The smallest absolute Gasteiger partial charge is 0.337 e. The van der Waals surface area contributed by atoms with Gasteiger partial charge in [0.1, 0.15) is 5.75 Å². The SMILES string of the molecule is COc1cc(OC)nc(Oc2ccc(C(=O)O)c(Cl)c2)n1. The van der Waals surface area contributed by atoms with Crippen molar-refractivity contribution in [1.29, 1.82) is 0 Å². The Kier molecular flexibility index (Phi) is 4.44. The van der Waals surface area contributed by atoms with Gasteiger partial charge in [-0.25, -0.2) is 4.79 Å². The Balaban J connectivity index is 2.29. The predicted molar refractivity (Wildman–Crippen MR) is 73.6 cm³/mol. The molecule has 0 aliphatic carbocycles. The van der Waals surface area contributed by atoms with E-state index in [0.29, 0.717) is 5.75 Å². The highest BCUT2D eigenvalue weighted by atomic mass is 35.5. The average Bonchev–Trinajstić information content (AvgIpc) is 2.46. The maximum Gasteiger partial charge on any atom is 0.337 e. The van der Waals surface area contributed by atoms with Crippen molar-refractivity contribution in [3.8, 4) is 23.5 Å². The van der Waals surface area contributed by atoms with Gasteiger partial charge in [-0.05, 0) is 12.1 Å². The number of ether oxygens (including phenoxy) is 3. The molecule has 1 aromatic carbocycles. The van der Waals surface area contributed by atoms with Crippen LogP contribution in [0, 0.1) is 0 Å². The molecule has 0 radical (unpaired) electrons. The van der Waals surface area contributed by atoms with Crippen LogP contribution in [-0.2, 0) is 0 Å². The Labute approximate surface area is 125 Å². The molecular formula is C13H11ClN2O5. The summed E-state index contributed by atoms with van der Waals surface area (Å²) >= 11 is 5.86. The highest BCUT2D eigenvalue weighted by molar-refractivity contribution is 6.33. The number of rotatable bonds is 5. The Bertz CT molecular complexity index is 655. The molecule has 0 unspecified atom stereocenters. The molecule has 0 bridgehead atoms. The molecule has 7 nitrogen and oxygen atoms in total. The summed E-state index contributed by atoms with van der Waals surface area (Å²) in [6.07, 6.45) is 0. The highest BCUT2D eigenvalue weighted by Gasteiger charge is 2.12. The fourth-order valence-electron chi connectivity index (χ4n) is 1.48. The number of carbonyl (C=O) groups is 1. The molecule has 0 spiro atoms. The summed E-state index contributed by atoms with van der Waals surface area (Å²) in [5, 5.41) is 8.95. The number of nitrogens with zero attached hydrogens (tertiary/aromatic N) is 2. The normalized spacial score (nSPS) is 10.0. The second-order valence-corrected chi connectivity index (χ2v) is 4.19. The van der Waals surface area contributed by atoms with E-state index in [1.807, 2.05) is 0 Å². The molecule has 110 valence electrons. The summed E-state index contributed by atoms with van der Waals surface area (Å²) < 4.78 is 15.4. The number of aromatic carboxylic acids is 1. The van der Waals surface area contributed by atoms with Gasteiger partial charge in [0.05, 0.1) is 30.9 Å². The number of carboxylic acid groups (broad SMARTS) is 1. The first-order valence-corrected chi connectivity index (χ1v) is 6.09. The Morgan fingerprint density at radius 1 is 1.14 bits per heavy atom. The summed E-state index contributed by atoms with van der Waals surface area (Å²) in [6, 6.07) is 5.63. The van der Waals surface area contributed by atoms with Crippen LogP contribution in [0.2, 0.25) is 5.02 Å². The molecule has 1 N–H and O–H groups in total. The summed E-state index contributed by atoms with van der Waals surface area (Å²) in [7, 11) is 2.90. The van der Waals surface area contributed by atoms with Crippen molar-refractivity contribution >= 4 is 17.6 Å². The topological polar surface area (TPSA) is 90.8 Å². The zero-order valence-electron chi connectivity index (χ0n) is 11.2. The number of halogens is 1. The van der Waals surface area contributed by atoms with Crippen LogP contribution >= 0.6 is 11.6 Å². The lowest BCUT2D eigenvalue weighted by Crippen LogP contribution is -1.99. The second-order valence-electron chi connectivity index (χ2n) is 3.78. The zero-order valence-corrected chi connectivity index (χ0v) is 11.9. The lowest BCUT2D eigenvalue weighted by molar-refractivity contribution is 0.0697. The van der Waals surface area contributed by atoms with Gasteiger partial charge in [0, 0.05) is 6.07 Å². The summed E-state index contributed by atoms with van der Waals surface area (Å²) in [5.74, 6) is -0.290. The van der Waals surface area contributed by atoms with Crippen molar-refractivity contribution in [2.75, 3.05) is 14.2 Å². The number of benzene rings is 1. The molecule has 0 saturated carbocycles. The molecule has 2 rings (SSSR count). The van der Waals surface area contributed by atoms with Crippen LogP contribution in [0.15, 0.2) is 24.3 Å². The van der Waals surface area contributed by atoms with Crippen LogP contribution in [0.4, 0.5) is 0 Å². The monoisotopic (exact) mass is 310 g/mol. The molecular weight excluding hydrogens is 300 g/mol. The molecule has 0 amide bonds. The molecule has 0 saturated heterocycles. The van der Waals surface area contributed by atoms with Gasteiger partial charge >= 0.3 is 12.0 Å². The van der Waals surface area contributed by atoms with E-state index in [9.17, 15) is 4.79 Å². The Morgan fingerprint density at radius 3 is 2.24 bits per heavy atom. The Hall–Kier alpha value is -2.54. The fourth-order valence-corrected chi connectivity index (χ4v) is 1.73. The quantitative estimate of drug-likeness (QED) is 0.907. The molecule has 0 aliphatic heterocycles. The third kappa shape index (κ3) is 3.51. The van der Waals surface area contributed by atoms with Gasteiger partial charge in [0.2, 0.25) is 11.8 Å². The van der Waals surface area contributed by atoms with Gasteiger partial charge in [-0.3, -0.25) is 0 Å². The standard InChI is InChI=1S/C13H11ClN2O5/c1-19-10-6-11(20-2)16-13(15-10)21-7-3-4-8(12(17)18)9(14)5-7/h3-6H,1-2H3,(H,17,18). The maximum atomic E-state index is 10.9. The molecule has 2 aromatic rings. The van der Waals surface area contributed by atoms with Gasteiger partial charge in [-0.2, -0.15) is 9.97 Å². The number of hydrogen-bond acceptors (Lipinski definition) is 6. The van der Waals surface area contributed by atoms with Gasteiger partial charge in [0.25, 0.3) is 0 Å². The van der Waals surface area contributed by atoms with E-state index in [4.69, 9.17) is 30.9 Å². The Morgan fingerprint density at radius 2 is 1.76 bits per heavy atom. The van der Waals surface area contributed by atoms with Crippen molar-refractivity contribution < 1.29 is 24.1 Å². The molecule has 8 heteroatoms. The van der Waals surface area contributed by atoms with Crippen LogP contribution in [0.25, 0.3) is 0 Å². The minimum absolute atomic E-state index is 0.00894. The van der Waals surface area contributed by atoms with E-state index in [1.165, 1.54) is 38.5 Å². The van der Waals surface area contributed by atoms with Crippen molar-refractivity contribution in [2.45, 2.75) is 0 Å². The lowest BCUT2D eigenvalue weighted by atomic mass is 10.2. The minimum atomic E-state index is -1.12. The molecule has 21 heavy (non-hydrogen) atoms. The van der Waals surface area contributed by atoms with Gasteiger partial charge in [0.15, 0.2) is 0 Å². The summed E-state index contributed by atoms with van der Waals surface area (Å²) in [4.78, 5) is 18.9. The average molecular weight is 311 g/mol. The number of aromatic nitrogens is 2. The third-order valence-electron chi connectivity index (χ3n) is 2.46. The highest BCUT2D eigenvalue weighted by Crippen LogP contribution is 2.27. The summed E-state index contributed by atoms with van der Waals surface area (Å²) in [6.45, 7) is 0. The molecule has 0 atom stereocenters. The van der Waals surface area contributed by atoms with Crippen LogP contribution in [0.5, 0.6) is 23.5 Å². The number of hydrogen-bond donors (Lipinski definition) is 1. The van der Waals surface area contributed by atoms with Crippen molar-refractivity contribution in [2.24, 2.45) is 0 Å². The second kappa shape index (κ2) is 6.27. The van der Waals surface area contributed by atoms with Crippen molar-refractivity contribution in [1.82, 2.24) is 9.97 Å². The third-order valence-corrected chi connectivity index (χ3v) is 2.77. The van der Waals surface area contributed by atoms with E-state index in [2.05, 4.69) is 9.97 Å². The van der Waals surface area contributed by atoms with Crippen molar-refractivity contribution in [3.63, 3.8) is 0 Å². The lowest BCUT2D eigenvalue weighted by Gasteiger charge is -2.08.